The van der Waals surface area contributed by atoms with E-state index in [2.05, 4.69) is 15.5 Å². The number of ether oxygens (including phenoxy) is 2. The van der Waals surface area contributed by atoms with Gasteiger partial charge in [0, 0.05) is 22.0 Å². The number of fused-ring (bicyclic) bond motifs is 1. The Bertz CT molecular complexity index is 1190. The minimum atomic E-state index is -0.517. The van der Waals surface area contributed by atoms with E-state index >= 15 is 0 Å². The second kappa shape index (κ2) is 9.13. The molecular formula is C24H22N4O3. The number of amides is 1. The Hall–Kier alpha value is -4.13. The largest absolute Gasteiger partial charge is 0.494 e. The van der Waals surface area contributed by atoms with Gasteiger partial charge in [-0.1, -0.05) is 24.3 Å². The molecule has 0 radical (unpaired) electrons. The minimum Gasteiger partial charge on any atom is -0.494 e. The Kier molecular flexibility index (Phi) is 5.93. The SMILES string of the molecule is CCOc1ccc(-c2nnc(Nc3ccc(OCC(N)=O)cc3)c3ccccc23)cc1. The van der Waals surface area contributed by atoms with Crippen LogP contribution in [0.3, 0.4) is 0 Å². The number of hydrogen-bond donors (Lipinski definition) is 2. The van der Waals surface area contributed by atoms with Crippen molar-refractivity contribution in [3.8, 4) is 22.8 Å². The lowest BCUT2D eigenvalue weighted by Gasteiger charge is -2.12. The molecule has 0 bridgehead atoms. The summed E-state index contributed by atoms with van der Waals surface area (Å²) in [6.07, 6.45) is 0. The van der Waals surface area contributed by atoms with Gasteiger partial charge in [-0.2, -0.15) is 0 Å². The highest BCUT2D eigenvalue weighted by atomic mass is 16.5. The van der Waals surface area contributed by atoms with Gasteiger partial charge in [0.1, 0.15) is 17.2 Å². The third-order valence-corrected chi connectivity index (χ3v) is 4.62. The van der Waals surface area contributed by atoms with Gasteiger partial charge in [0.2, 0.25) is 0 Å². The molecule has 3 N–H and O–H groups in total. The number of primary amides is 1. The van der Waals surface area contributed by atoms with E-state index in [4.69, 9.17) is 15.2 Å². The maximum Gasteiger partial charge on any atom is 0.255 e. The first-order chi connectivity index (χ1) is 15.1. The first-order valence-electron chi connectivity index (χ1n) is 9.91. The Morgan fingerprint density at radius 3 is 2.19 bits per heavy atom. The van der Waals surface area contributed by atoms with Gasteiger partial charge in [-0.05, 0) is 55.5 Å². The summed E-state index contributed by atoms with van der Waals surface area (Å²) in [6.45, 7) is 2.43. The molecular weight excluding hydrogens is 392 g/mol. The minimum absolute atomic E-state index is 0.157. The van der Waals surface area contributed by atoms with Crippen molar-refractivity contribution in [2.45, 2.75) is 6.92 Å². The highest BCUT2D eigenvalue weighted by Gasteiger charge is 2.11. The molecule has 1 amide bonds. The summed E-state index contributed by atoms with van der Waals surface area (Å²) < 4.78 is 10.8. The van der Waals surface area contributed by atoms with Crippen molar-refractivity contribution in [3.63, 3.8) is 0 Å². The monoisotopic (exact) mass is 414 g/mol. The third-order valence-electron chi connectivity index (χ3n) is 4.62. The molecule has 0 saturated heterocycles. The summed E-state index contributed by atoms with van der Waals surface area (Å²) in [5.41, 5.74) is 7.69. The van der Waals surface area contributed by atoms with Crippen LogP contribution in [0.1, 0.15) is 6.92 Å². The lowest BCUT2D eigenvalue weighted by atomic mass is 10.0. The normalized spacial score (nSPS) is 10.6. The Morgan fingerprint density at radius 2 is 1.52 bits per heavy atom. The molecule has 4 aromatic rings. The number of nitrogens with one attached hydrogen (secondary N) is 1. The molecule has 156 valence electrons. The van der Waals surface area contributed by atoms with Crippen molar-refractivity contribution in [2.24, 2.45) is 5.73 Å². The topological polar surface area (TPSA) is 99.4 Å². The molecule has 7 heteroatoms. The molecule has 1 aromatic heterocycles. The second-order valence-corrected chi connectivity index (χ2v) is 6.80. The number of anilines is 2. The first kappa shape index (κ1) is 20.2. The number of aromatic nitrogens is 2. The number of hydrogen-bond acceptors (Lipinski definition) is 6. The van der Waals surface area contributed by atoms with Gasteiger partial charge in [0.15, 0.2) is 12.4 Å². The fourth-order valence-electron chi connectivity index (χ4n) is 3.21. The molecule has 0 aliphatic rings. The van der Waals surface area contributed by atoms with E-state index in [0.29, 0.717) is 18.2 Å². The Morgan fingerprint density at radius 1 is 0.871 bits per heavy atom. The van der Waals surface area contributed by atoms with Crippen LogP contribution in [-0.2, 0) is 4.79 Å². The van der Waals surface area contributed by atoms with Crippen LogP contribution in [0.2, 0.25) is 0 Å². The zero-order chi connectivity index (χ0) is 21.6. The summed E-state index contributed by atoms with van der Waals surface area (Å²) >= 11 is 0. The van der Waals surface area contributed by atoms with Gasteiger partial charge in [0.25, 0.3) is 5.91 Å². The average Bonchev–Trinajstić information content (AvgIpc) is 2.80. The molecule has 0 spiro atoms. The number of nitrogens with zero attached hydrogens (tertiary/aromatic N) is 2. The summed E-state index contributed by atoms with van der Waals surface area (Å²) in [5, 5.41) is 14.2. The van der Waals surface area contributed by atoms with E-state index in [1.54, 1.807) is 12.1 Å². The van der Waals surface area contributed by atoms with Crippen LogP contribution in [0, 0.1) is 0 Å². The highest BCUT2D eigenvalue weighted by molar-refractivity contribution is 6.00. The lowest BCUT2D eigenvalue weighted by molar-refractivity contribution is -0.119. The Labute approximate surface area is 179 Å². The van der Waals surface area contributed by atoms with Crippen LogP contribution in [0.15, 0.2) is 72.8 Å². The van der Waals surface area contributed by atoms with E-state index in [1.165, 1.54) is 0 Å². The van der Waals surface area contributed by atoms with Crippen LogP contribution in [-0.4, -0.2) is 29.3 Å². The number of carbonyl (C=O) groups is 1. The fraction of sp³-hybridized carbons (Fsp3) is 0.125. The zero-order valence-electron chi connectivity index (χ0n) is 17.0. The number of benzene rings is 3. The molecule has 4 rings (SSSR count). The van der Waals surface area contributed by atoms with E-state index in [-0.39, 0.29) is 6.61 Å². The smallest absolute Gasteiger partial charge is 0.255 e. The van der Waals surface area contributed by atoms with E-state index in [9.17, 15) is 4.79 Å². The molecule has 0 unspecified atom stereocenters. The third kappa shape index (κ3) is 4.72. The molecule has 0 atom stereocenters. The second-order valence-electron chi connectivity index (χ2n) is 6.80. The molecule has 0 aliphatic heterocycles. The maximum atomic E-state index is 10.8. The van der Waals surface area contributed by atoms with Crippen molar-refractivity contribution < 1.29 is 14.3 Å². The molecule has 3 aromatic carbocycles. The molecule has 0 saturated carbocycles. The summed E-state index contributed by atoms with van der Waals surface area (Å²) in [5.74, 6) is 1.52. The first-order valence-corrected chi connectivity index (χ1v) is 9.91. The molecule has 0 aliphatic carbocycles. The molecule has 0 fully saturated rings. The number of nitrogens with two attached hydrogens (primary N) is 1. The van der Waals surface area contributed by atoms with Gasteiger partial charge in [0.05, 0.1) is 6.61 Å². The Balaban J connectivity index is 1.61. The van der Waals surface area contributed by atoms with E-state index in [1.807, 2.05) is 67.6 Å². The quantitative estimate of drug-likeness (QED) is 0.446. The summed E-state index contributed by atoms with van der Waals surface area (Å²) in [4.78, 5) is 10.8. The summed E-state index contributed by atoms with van der Waals surface area (Å²) in [7, 11) is 0. The van der Waals surface area contributed by atoms with Crippen LogP contribution < -0.4 is 20.5 Å². The van der Waals surface area contributed by atoms with E-state index < -0.39 is 5.91 Å². The fourth-order valence-corrected chi connectivity index (χ4v) is 3.21. The predicted molar refractivity (Wildman–Crippen MR) is 121 cm³/mol. The van der Waals surface area contributed by atoms with Crippen molar-refractivity contribution >= 4 is 28.2 Å². The molecule has 1 heterocycles. The maximum absolute atomic E-state index is 10.8. The molecule has 31 heavy (non-hydrogen) atoms. The van der Waals surface area contributed by atoms with Crippen molar-refractivity contribution in [2.75, 3.05) is 18.5 Å². The lowest BCUT2D eigenvalue weighted by Crippen LogP contribution is -2.19. The number of carbonyl (C=O) groups excluding carboxylic acids is 1. The van der Waals surface area contributed by atoms with Gasteiger partial charge in [-0.15, -0.1) is 10.2 Å². The highest BCUT2D eigenvalue weighted by Crippen LogP contribution is 2.32. The molecule has 7 nitrogen and oxygen atoms in total. The van der Waals surface area contributed by atoms with Crippen molar-refractivity contribution in [3.05, 3.63) is 72.8 Å². The van der Waals surface area contributed by atoms with Crippen molar-refractivity contribution in [1.29, 1.82) is 0 Å². The average molecular weight is 414 g/mol. The van der Waals surface area contributed by atoms with E-state index in [0.717, 1.165) is 33.5 Å². The standard InChI is InChI=1S/C24H22N4O3/c1-2-30-18-11-7-16(8-12-18)23-20-5-3-4-6-21(20)24(28-27-23)26-17-9-13-19(14-10-17)31-15-22(25)29/h3-14H,2,15H2,1H3,(H2,25,29)(H,26,28). The predicted octanol–water partition coefficient (Wildman–Crippen LogP) is 4.30. The zero-order valence-corrected chi connectivity index (χ0v) is 17.0. The number of rotatable bonds is 8. The van der Waals surface area contributed by atoms with Crippen LogP contribution in [0.5, 0.6) is 11.5 Å². The summed E-state index contributed by atoms with van der Waals surface area (Å²) in [6, 6.07) is 23.0. The van der Waals surface area contributed by atoms with Gasteiger partial charge in [-0.3, -0.25) is 4.79 Å². The van der Waals surface area contributed by atoms with Gasteiger partial charge < -0.3 is 20.5 Å². The van der Waals surface area contributed by atoms with Gasteiger partial charge >= 0.3 is 0 Å². The van der Waals surface area contributed by atoms with Crippen LogP contribution in [0.4, 0.5) is 11.5 Å². The van der Waals surface area contributed by atoms with Crippen molar-refractivity contribution in [1.82, 2.24) is 10.2 Å². The van der Waals surface area contributed by atoms with Crippen LogP contribution >= 0.6 is 0 Å². The van der Waals surface area contributed by atoms with Gasteiger partial charge in [-0.25, -0.2) is 0 Å². The van der Waals surface area contributed by atoms with Crippen LogP contribution in [0.25, 0.3) is 22.0 Å².